The zero-order valence-electron chi connectivity index (χ0n) is 14.5. The van der Waals surface area contributed by atoms with Gasteiger partial charge in [0, 0.05) is 23.4 Å². The van der Waals surface area contributed by atoms with Crippen molar-refractivity contribution in [1.29, 1.82) is 0 Å². The van der Waals surface area contributed by atoms with Crippen molar-refractivity contribution >= 4 is 56.5 Å². The molecule has 0 aliphatic rings. The zero-order chi connectivity index (χ0) is 20.6. The monoisotopic (exact) mass is 442 g/mol. The maximum Gasteiger partial charge on any atom is 0.335 e. The van der Waals surface area contributed by atoms with Crippen LogP contribution in [0, 0.1) is 0 Å². The molecule has 0 saturated carbocycles. The third-order valence-electron chi connectivity index (χ3n) is 3.09. The lowest BCUT2D eigenvalue weighted by Gasteiger charge is -2.03. The Labute approximate surface area is 169 Å². The van der Waals surface area contributed by atoms with Crippen LogP contribution in [0.5, 0.6) is 0 Å². The van der Waals surface area contributed by atoms with Crippen molar-refractivity contribution in [2.75, 3.05) is 12.3 Å². The summed E-state index contributed by atoms with van der Waals surface area (Å²) in [5, 5.41) is 11.2. The molecule has 0 spiro atoms. The topological polar surface area (TPSA) is 173 Å². The molecule has 1 aromatic carbocycles. The molecule has 0 aliphatic carbocycles. The second-order valence-corrected chi connectivity index (χ2v) is 8.85. The molecule has 13 heteroatoms. The number of aliphatic imine (C=N–C) groups is 2. The summed E-state index contributed by atoms with van der Waals surface area (Å²) in [6.45, 7) is 0.413. The maximum atomic E-state index is 12.1. The molecule has 0 radical (unpaired) electrons. The molecule has 0 atom stereocenters. The van der Waals surface area contributed by atoms with Gasteiger partial charge >= 0.3 is 5.97 Å². The molecule has 28 heavy (non-hydrogen) atoms. The molecular weight excluding hydrogens is 424 g/mol. The van der Waals surface area contributed by atoms with E-state index in [1.165, 1.54) is 35.6 Å². The standard InChI is InChI=1S/C15H18N6O4S3/c16-14(17)21-15-20-11(8-27-15)7-26-6-5-18-9-19-28(24,25)12-3-1-10(2-4-12)13(22)23/h1-4,8-9H,5-7H2,(H,18,19)(H,22,23)(H4,16,17,20,21). The first-order valence-corrected chi connectivity index (χ1v) is 11.3. The molecule has 1 heterocycles. The van der Waals surface area contributed by atoms with Crippen LogP contribution in [0.15, 0.2) is 44.5 Å². The predicted molar refractivity (Wildman–Crippen MR) is 111 cm³/mol. The van der Waals surface area contributed by atoms with Crippen LogP contribution < -0.4 is 16.2 Å². The number of guanidine groups is 1. The number of rotatable bonds is 10. The number of aromatic nitrogens is 1. The third kappa shape index (κ3) is 6.83. The summed E-state index contributed by atoms with van der Waals surface area (Å²) in [5.74, 6) is 0.165. The normalized spacial score (nSPS) is 11.4. The Bertz CT molecular complexity index is 966. The molecule has 2 aromatic rings. The second-order valence-electron chi connectivity index (χ2n) is 5.20. The first-order valence-electron chi connectivity index (χ1n) is 7.73. The number of thioether (sulfide) groups is 1. The average Bonchev–Trinajstić information content (AvgIpc) is 3.07. The van der Waals surface area contributed by atoms with Crippen molar-refractivity contribution in [3.8, 4) is 0 Å². The van der Waals surface area contributed by atoms with Gasteiger partial charge in [0.2, 0.25) is 5.13 Å². The molecule has 0 bridgehead atoms. The highest BCUT2D eigenvalue weighted by Crippen LogP contribution is 2.21. The molecule has 2 rings (SSSR count). The number of thiazole rings is 1. The van der Waals surface area contributed by atoms with Gasteiger partial charge in [0.15, 0.2) is 5.96 Å². The molecule has 6 N–H and O–H groups in total. The summed E-state index contributed by atoms with van der Waals surface area (Å²) in [6.07, 6.45) is 1.11. The van der Waals surface area contributed by atoms with Gasteiger partial charge in [-0.1, -0.05) is 0 Å². The highest BCUT2D eigenvalue weighted by atomic mass is 32.2. The minimum absolute atomic E-state index is 0.00942. The van der Waals surface area contributed by atoms with E-state index in [4.69, 9.17) is 16.6 Å². The minimum Gasteiger partial charge on any atom is -0.478 e. The number of aromatic carboxylic acids is 1. The van der Waals surface area contributed by atoms with Gasteiger partial charge in [-0.25, -0.2) is 18.2 Å². The van der Waals surface area contributed by atoms with Gasteiger partial charge in [-0.3, -0.25) is 9.71 Å². The van der Waals surface area contributed by atoms with Crippen LogP contribution >= 0.6 is 23.1 Å². The molecule has 150 valence electrons. The number of nitrogens with zero attached hydrogens (tertiary/aromatic N) is 3. The lowest BCUT2D eigenvalue weighted by atomic mass is 10.2. The van der Waals surface area contributed by atoms with Crippen molar-refractivity contribution < 1.29 is 18.3 Å². The van der Waals surface area contributed by atoms with Gasteiger partial charge in [-0.2, -0.15) is 16.8 Å². The van der Waals surface area contributed by atoms with Crippen molar-refractivity contribution in [2.24, 2.45) is 21.5 Å². The van der Waals surface area contributed by atoms with Crippen LogP contribution in [0.3, 0.4) is 0 Å². The average molecular weight is 443 g/mol. The fourth-order valence-corrected chi connectivity index (χ4v) is 4.22. The Hall–Kier alpha value is -2.64. The van der Waals surface area contributed by atoms with E-state index < -0.39 is 16.0 Å². The van der Waals surface area contributed by atoms with E-state index >= 15 is 0 Å². The maximum absolute atomic E-state index is 12.1. The quantitative estimate of drug-likeness (QED) is 0.239. The first-order chi connectivity index (χ1) is 13.3. The number of benzene rings is 1. The Balaban J connectivity index is 1.73. The number of nitrogens with two attached hydrogens (primary N) is 2. The summed E-state index contributed by atoms with van der Waals surface area (Å²) in [6, 6.07) is 4.89. The van der Waals surface area contributed by atoms with Gasteiger partial charge in [0.25, 0.3) is 10.0 Å². The Kier molecular flexibility index (Phi) is 7.78. The van der Waals surface area contributed by atoms with E-state index in [2.05, 4.69) is 19.7 Å². The van der Waals surface area contributed by atoms with E-state index in [0.717, 1.165) is 12.0 Å². The number of carboxylic acid groups (broad SMARTS) is 1. The third-order valence-corrected chi connectivity index (χ3v) is 6.15. The summed E-state index contributed by atoms with van der Waals surface area (Å²) in [4.78, 5) is 22.9. The van der Waals surface area contributed by atoms with Crippen molar-refractivity contribution in [3.05, 3.63) is 40.9 Å². The van der Waals surface area contributed by atoms with Gasteiger partial charge < -0.3 is 16.6 Å². The second kappa shape index (κ2) is 10.1. The molecule has 0 unspecified atom stereocenters. The van der Waals surface area contributed by atoms with E-state index in [9.17, 15) is 13.2 Å². The highest BCUT2D eigenvalue weighted by Gasteiger charge is 2.13. The Morgan fingerprint density at radius 2 is 2.04 bits per heavy atom. The summed E-state index contributed by atoms with van der Waals surface area (Å²) < 4.78 is 26.4. The van der Waals surface area contributed by atoms with Gasteiger partial charge in [0.05, 0.1) is 22.5 Å². The molecule has 0 amide bonds. The summed E-state index contributed by atoms with van der Waals surface area (Å²) >= 11 is 2.93. The molecule has 0 fully saturated rings. The van der Waals surface area contributed by atoms with Crippen molar-refractivity contribution in [1.82, 2.24) is 9.71 Å². The number of carboxylic acids is 1. The fourth-order valence-electron chi connectivity index (χ4n) is 1.83. The zero-order valence-corrected chi connectivity index (χ0v) is 16.9. The van der Waals surface area contributed by atoms with Gasteiger partial charge in [-0.15, -0.1) is 11.3 Å². The minimum atomic E-state index is -3.79. The Morgan fingerprint density at radius 1 is 1.32 bits per heavy atom. The van der Waals surface area contributed by atoms with E-state index in [0.29, 0.717) is 23.2 Å². The van der Waals surface area contributed by atoms with E-state index in [1.54, 1.807) is 11.8 Å². The van der Waals surface area contributed by atoms with Crippen LogP contribution in [0.1, 0.15) is 16.1 Å². The van der Waals surface area contributed by atoms with Crippen LogP contribution in [-0.2, 0) is 15.8 Å². The lowest BCUT2D eigenvalue weighted by molar-refractivity contribution is 0.0696. The van der Waals surface area contributed by atoms with E-state index in [-0.39, 0.29) is 16.4 Å². The van der Waals surface area contributed by atoms with Crippen LogP contribution in [0.2, 0.25) is 0 Å². The van der Waals surface area contributed by atoms with Crippen LogP contribution in [0.4, 0.5) is 5.13 Å². The van der Waals surface area contributed by atoms with Crippen LogP contribution in [0.25, 0.3) is 0 Å². The highest BCUT2D eigenvalue weighted by molar-refractivity contribution is 7.98. The molecule has 10 nitrogen and oxygen atoms in total. The summed E-state index contributed by atoms with van der Waals surface area (Å²) in [7, 11) is -3.79. The fraction of sp³-hybridized carbons (Fsp3) is 0.200. The molecular formula is C15H18N6O4S3. The predicted octanol–water partition coefficient (Wildman–Crippen LogP) is 0.986. The summed E-state index contributed by atoms with van der Waals surface area (Å²) in [5.41, 5.74) is 11.4. The number of hydrogen-bond acceptors (Lipinski definition) is 8. The van der Waals surface area contributed by atoms with Crippen molar-refractivity contribution in [3.63, 3.8) is 0 Å². The molecule has 0 aliphatic heterocycles. The van der Waals surface area contributed by atoms with Gasteiger partial charge in [-0.05, 0) is 24.3 Å². The smallest absolute Gasteiger partial charge is 0.335 e. The number of hydrogen-bond donors (Lipinski definition) is 4. The molecule has 1 aromatic heterocycles. The Morgan fingerprint density at radius 3 is 2.68 bits per heavy atom. The van der Waals surface area contributed by atoms with Gasteiger partial charge in [0.1, 0.15) is 0 Å². The SMILES string of the molecule is NC(N)=Nc1nc(CSCCN=CNS(=O)(=O)c2ccc(C(=O)O)cc2)cs1. The molecule has 0 saturated heterocycles. The number of carbonyl (C=O) groups is 1. The van der Waals surface area contributed by atoms with Crippen LogP contribution in [-0.4, -0.2) is 49.1 Å². The van der Waals surface area contributed by atoms with Crippen molar-refractivity contribution in [2.45, 2.75) is 10.6 Å². The first kappa shape index (κ1) is 21.7. The largest absolute Gasteiger partial charge is 0.478 e. The number of sulfonamides is 1. The number of nitrogens with one attached hydrogen (secondary N) is 1. The van der Waals surface area contributed by atoms with E-state index in [1.807, 2.05) is 5.38 Å². The lowest BCUT2D eigenvalue weighted by Crippen LogP contribution is -2.22.